The van der Waals surface area contributed by atoms with Crippen molar-refractivity contribution in [3.8, 4) is 0 Å². The number of nitro benzene ring substituents is 2. The maximum Gasteiger partial charge on any atom is 0.280 e. The molecule has 0 aliphatic rings. The molecule has 0 aliphatic heterocycles. The lowest BCUT2D eigenvalue weighted by Crippen LogP contribution is -2.19. The lowest BCUT2D eigenvalue weighted by molar-refractivity contribution is -0.394. The highest BCUT2D eigenvalue weighted by atomic mass is 32.2. The van der Waals surface area contributed by atoms with Crippen molar-refractivity contribution < 1.29 is 27.8 Å². The van der Waals surface area contributed by atoms with Gasteiger partial charge in [0.05, 0.1) is 43.2 Å². The number of nitro groups is 2. The normalized spacial score (nSPS) is 12.2. The fraction of sp³-hybridized carbons (Fsp3) is 0.222. The Morgan fingerprint density at radius 3 is 2.28 bits per heavy atom. The quantitative estimate of drug-likeness (QED) is 0.367. The van der Waals surface area contributed by atoms with Gasteiger partial charge in [-0.2, -0.15) is 4.99 Å². The number of rotatable bonds is 7. The summed E-state index contributed by atoms with van der Waals surface area (Å²) in [5.41, 5.74) is -0.937. The molecule has 32 heavy (non-hydrogen) atoms. The summed E-state index contributed by atoms with van der Waals surface area (Å²) in [7, 11) is -1.97. The number of hydrogen-bond acceptors (Lipinski definition) is 9. The second-order valence-corrected chi connectivity index (χ2v) is 9.62. The third kappa shape index (κ3) is 4.87. The van der Waals surface area contributed by atoms with Crippen LogP contribution in [0.1, 0.15) is 10.4 Å². The Morgan fingerprint density at radius 1 is 1.12 bits per heavy atom. The van der Waals surface area contributed by atoms with Gasteiger partial charge in [-0.1, -0.05) is 11.3 Å². The van der Waals surface area contributed by atoms with Crippen LogP contribution in [-0.4, -0.2) is 48.7 Å². The molecule has 0 atom stereocenters. The van der Waals surface area contributed by atoms with E-state index in [2.05, 4.69) is 4.99 Å². The molecule has 1 heterocycles. The largest absolute Gasteiger partial charge is 0.383 e. The van der Waals surface area contributed by atoms with Gasteiger partial charge in [0.1, 0.15) is 0 Å². The molecule has 1 amide bonds. The highest BCUT2D eigenvalue weighted by Gasteiger charge is 2.20. The fourth-order valence-electron chi connectivity index (χ4n) is 2.85. The molecule has 2 aromatic carbocycles. The van der Waals surface area contributed by atoms with Crippen LogP contribution >= 0.6 is 11.3 Å². The summed E-state index contributed by atoms with van der Waals surface area (Å²) >= 11 is 1.04. The molecular weight excluding hydrogens is 464 g/mol. The van der Waals surface area contributed by atoms with Crippen molar-refractivity contribution in [1.29, 1.82) is 0 Å². The number of methoxy groups -OCH3 is 1. The zero-order chi connectivity index (χ0) is 23.6. The van der Waals surface area contributed by atoms with E-state index in [0.717, 1.165) is 35.8 Å². The van der Waals surface area contributed by atoms with Crippen molar-refractivity contribution in [3.63, 3.8) is 0 Å². The maximum absolute atomic E-state index is 12.7. The predicted molar refractivity (Wildman–Crippen MR) is 114 cm³/mol. The highest BCUT2D eigenvalue weighted by molar-refractivity contribution is 7.90. The number of carbonyl (C=O) groups is 1. The summed E-state index contributed by atoms with van der Waals surface area (Å²) < 4.78 is 31.0. The standard InChI is InChI=1S/C18H16N4O8S2/c1-30-6-5-20-15-4-3-14(32(2,28)29)10-16(15)31-18(20)19-17(23)11-7-12(21(24)25)9-13(8-11)22(26)27/h3-4,7-10H,5-6H2,1-2H3. The molecule has 168 valence electrons. The molecule has 0 bridgehead atoms. The van der Waals surface area contributed by atoms with E-state index in [0.29, 0.717) is 10.2 Å². The zero-order valence-corrected chi connectivity index (χ0v) is 18.4. The van der Waals surface area contributed by atoms with Crippen LogP contribution in [0.4, 0.5) is 11.4 Å². The molecule has 12 nitrogen and oxygen atoms in total. The molecule has 0 aliphatic carbocycles. The molecule has 3 rings (SSSR count). The minimum atomic E-state index is -3.46. The van der Waals surface area contributed by atoms with Crippen LogP contribution in [0.2, 0.25) is 0 Å². The second-order valence-electron chi connectivity index (χ2n) is 6.60. The lowest BCUT2D eigenvalue weighted by Gasteiger charge is -2.05. The van der Waals surface area contributed by atoms with Gasteiger partial charge < -0.3 is 9.30 Å². The Kier molecular flexibility index (Phi) is 6.47. The molecule has 0 saturated heterocycles. The van der Waals surface area contributed by atoms with E-state index in [9.17, 15) is 33.4 Å². The van der Waals surface area contributed by atoms with E-state index in [-0.39, 0.29) is 28.4 Å². The zero-order valence-electron chi connectivity index (χ0n) is 16.7. The second kappa shape index (κ2) is 8.94. The van der Waals surface area contributed by atoms with Crippen molar-refractivity contribution in [2.45, 2.75) is 11.4 Å². The minimum absolute atomic E-state index is 0.0947. The van der Waals surface area contributed by atoms with Gasteiger partial charge in [0.15, 0.2) is 14.6 Å². The molecule has 0 radical (unpaired) electrons. The summed E-state index contributed by atoms with van der Waals surface area (Å²) in [5, 5.41) is 22.2. The number of amides is 1. The number of sulfone groups is 1. The Labute approximate surface area is 184 Å². The summed E-state index contributed by atoms with van der Waals surface area (Å²) in [6.45, 7) is 0.555. The number of hydrogen-bond donors (Lipinski definition) is 0. The van der Waals surface area contributed by atoms with E-state index in [1.807, 2.05) is 0 Å². The van der Waals surface area contributed by atoms with Crippen LogP contribution in [0.15, 0.2) is 46.3 Å². The average Bonchev–Trinajstić information content (AvgIpc) is 3.07. The first-order valence-corrected chi connectivity index (χ1v) is 11.6. The van der Waals surface area contributed by atoms with Gasteiger partial charge >= 0.3 is 0 Å². The lowest BCUT2D eigenvalue weighted by atomic mass is 10.1. The first-order valence-electron chi connectivity index (χ1n) is 8.86. The highest BCUT2D eigenvalue weighted by Crippen LogP contribution is 2.24. The molecular formula is C18H16N4O8S2. The third-order valence-electron chi connectivity index (χ3n) is 4.37. The van der Waals surface area contributed by atoms with Crippen LogP contribution in [0, 0.1) is 20.2 Å². The van der Waals surface area contributed by atoms with Gasteiger partial charge in [-0.3, -0.25) is 25.0 Å². The molecule has 0 saturated carbocycles. The van der Waals surface area contributed by atoms with E-state index >= 15 is 0 Å². The molecule has 0 spiro atoms. The first kappa shape index (κ1) is 23.2. The van der Waals surface area contributed by atoms with E-state index < -0.39 is 37.0 Å². The number of fused-ring (bicyclic) bond motifs is 1. The number of ether oxygens (including phenoxy) is 1. The summed E-state index contributed by atoms with van der Waals surface area (Å²) in [6.07, 6.45) is 1.07. The SMILES string of the molecule is COCCn1c(=NC(=O)c2cc([N+](=O)[O-])cc([N+](=O)[O-])c2)sc2cc(S(C)(=O)=O)ccc21. The van der Waals surface area contributed by atoms with Gasteiger partial charge in [-0.05, 0) is 18.2 Å². The average molecular weight is 480 g/mol. The van der Waals surface area contributed by atoms with E-state index in [1.165, 1.54) is 19.2 Å². The topological polar surface area (TPSA) is 164 Å². The Bertz CT molecular complexity index is 1390. The maximum atomic E-state index is 12.7. The number of aromatic nitrogens is 1. The summed E-state index contributed by atoms with van der Waals surface area (Å²) in [6, 6.07) is 7.05. The van der Waals surface area contributed by atoms with Gasteiger partial charge in [0.25, 0.3) is 17.3 Å². The summed E-state index contributed by atoms with van der Waals surface area (Å²) in [5.74, 6) is -0.919. The van der Waals surface area contributed by atoms with Crippen molar-refractivity contribution in [3.05, 3.63) is 67.0 Å². The number of nitrogens with zero attached hydrogens (tertiary/aromatic N) is 4. The molecule has 0 unspecified atom stereocenters. The number of benzene rings is 2. The monoisotopic (exact) mass is 480 g/mol. The Morgan fingerprint density at radius 2 is 1.75 bits per heavy atom. The van der Waals surface area contributed by atoms with Crippen molar-refractivity contribution >= 4 is 48.7 Å². The number of non-ortho nitro benzene ring substituents is 2. The van der Waals surface area contributed by atoms with Gasteiger partial charge in [-0.25, -0.2) is 8.42 Å². The molecule has 0 N–H and O–H groups in total. The van der Waals surface area contributed by atoms with Gasteiger partial charge in [0.2, 0.25) is 0 Å². The summed E-state index contributed by atoms with van der Waals surface area (Å²) in [4.78, 5) is 37.5. The smallest absolute Gasteiger partial charge is 0.280 e. The number of carbonyl (C=O) groups excluding carboxylic acids is 1. The molecule has 3 aromatic rings. The van der Waals surface area contributed by atoms with Crippen molar-refractivity contribution in [1.82, 2.24) is 4.57 Å². The van der Waals surface area contributed by atoms with Crippen LogP contribution in [0.25, 0.3) is 10.2 Å². The van der Waals surface area contributed by atoms with E-state index in [1.54, 1.807) is 10.6 Å². The fourth-order valence-corrected chi connectivity index (χ4v) is 4.66. The van der Waals surface area contributed by atoms with Crippen LogP contribution in [0.3, 0.4) is 0 Å². The van der Waals surface area contributed by atoms with Crippen molar-refractivity contribution in [2.75, 3.05) is 20.0 Å². The van der Waals surface area contributed by atoms with E-state index in [4.69, 9.17) is 4.74 Å². The van der Waals surface area contributed by atoms with Crippen LogP contribution in [-0.2, 0) is 21.1 Å². The predicted octanol–water partition coefficient (Wildman–Crippen LogP) is 2.31. The Balaban J connectivity index is 2.19. The van der Waals surface area contributed by atoms with Crippen LogP contribution in [0.5, 0.6) is 0 Å². The molecule has 1 aromatic heterocycles. The minimum Gasteiger partial charge on any atom is -0.383 e. The van der Waals surface area contributed by atoms with Crippen LogP contribution < -0.4 is 4.80 Å². The third-order valence-corrected chi connectivity index (χ3v) is 6.52. The van der Waals surface area contributed by atoms with Gasteiger partial charge in [0, 0.05) is 32.0 Å². The molecule has 0 fully saturated rings. The first-order chi connectivity index (χ1) is 15.0. The Hall–Kier alpha value is -3.49. The van der Waals surface area contributed by atoms with Crippen molar-refractivity contribution in [2.24, 2.45) is 4.99 Å². The molecule has 14 heteroatoms. The van der Waals surface area contributed by atoms with Gasteiger partial charge in [-0.15, -0.1) is 0 Å². The number of thiazole rings is 1.